The molecule has 3 rings (SSSR count). The molecule has 3 aromatic carbocycles. The first-order valence-corrected chi connectivity index (χ1v) is 9.74. The van der Waals surface area contributed by atoms with Crippen molar-refractivity contribution in [3.63, 3.8) is 0 Å². The smallest absolute Gasteiger partial charge is 0.262 e. The van der Waals surface area contributed by atoms with Crippen LogP contribution >= 0.6 is 11.6 Å². The largest absolute Gasteiger partial charge is 0.490 e. The first kappa shape index (κ1) is 20.6. The van der Waals surface area contributed by atoms with Crippen LogP contribution in [0.2, 0.25) is 5.02 Å². The molecule has 0 atom stereocenters. The molecule has 0 saturated carbocycles. The number of amides is 1. The summed E-state index contributed by atoms with van der Waals surface area (Å²) in [7, 11) is 0. The Morgan fingerprint density at radius 3 is 2.38 bits per heavy atom. The summed E-state index contributed by atoms with van der Waals surface area (Å²) in [5, 5.41) is 6.83. The number of nitrogens with one attached hydrogen (secondary N) is 2. The minimum Gasteiger partial charge on any atom is -0.490 e. The number of carbonyl (C=O) groups is 1. The fourth-order valence-corrected chi connectivity index (χ4v) is 2.81. The van der Waals surface area contributed by atoms with Crippen molar-refractivity contribution in [2.24, 2.45) is 0 Å². The van der Waals surface area contributed by atoms with Crippen molar-refractivity contribution in [1.82, 2.24) is 0 Å². The fraction of sp³-hybridized carbons (Fsp3) is 0.174. The van der Waals surface area contributed by atoms with Crippen LogP contribution in [-0.2, 0) is 11.3 Å². The number of carbonyl (C=O) groups excluding carboxylic acids is 1. The van der Waals surface area contributed by atoms with Crippen molar-refractivity contribution in [2.45, 2.75) is 13.5 Å². The number of rotatable bonds is 9. The Morgan fingerprint density at radius 1 is 0.897 bits per heavy atom. The van der Waals surface area contributed by atoms with Crippen LogP contribution in [0, 0.1) is 0 Å². The lowest BCUT2D eigenvalue weighted by atomic mass is 10.2. The Morgan fingerprint density at radius 2 is 1.66 bits per heavy atom. The standard InChI is InChI=1S/C23H23ClN2O3/c1-2-28-22-14-17(15-25-19-11-9-18(24)10-12-19)8-13-21(22)29-16-23(27)26-20-6-4-3-5-7-20/h3-14,25H,2,15-16H2,1H3,(H,26,27). The van der Waals surface area contributed by atoms with Gasteiger partial charge in [0.25, 0.3) is 5.91 Å². The number of ether oxygens (including phenoxy) is 2. The van der Waals surface area contributed by atoms with E-state index >= 15 is 0 Å². The maximum Gasteiger partial charge on any atom is 0.262 e. The first-order chi connectivity index (χ1) is 14.1. The SMILES string of the molecule is CCOc1cc(CNc2ccc(Cl)cc2)ccc1OCC(=O)Nc1ccccc1. The molecule has 0 aliphatic carbocycles. The Balaban J connectivity index is 1.59. The molecule has 5 nitrogen and oxygen atoms in total. The van der Waals surface area contributed by atoms with Gasteiger partial charge in [0.05, 0.1) is 6.61 Å². The maximum absolute atomic E-state index is 12.1. The van der Waals surface area contributed by atoms with Crippen molar-refractivity contribution in [3.8, 4) is 11.5 Å². The summed E-state index contributed by atoms with van der Waals surface area (Å²) >= 11 is 5.91. The molecule has 0 radical (unpaired) electrons. The normalized spacial score (nSPS) is 10.3. The molecule has 2 N–H and O–H groups in total. The summed E-state index contributed by atoms with van der Waals surface area (Å²) in [5.74, 6) is 0.910. The molecule has 3 aromatic rings. The van der Waals surface area contributed by atoms with Gasteiger partial charge in [0.2, 0.25) is 0 Å². The number of anilines is 2. The van der Waals surface area contributed by atoms with Crippen LogP contribution in [0.1, 0.15) is 12.5 Å². The minimum absolute atomic E-state index is 0.0999. The highest BCUT2D eigenvalue weighted by atomic mass is 35.5. The molecule has 0 aliphatic heterocycles. The van der Waals surface area contributed by atoms with Gasteiger partial charge in [0.15, 0.2) is 18.1 Å². The number of halogens is 1. The van der Waals surface area contributed by atoms with Gasteiger partial charge < -0.3 is 20.1 Å². The quantitative estimate of drug-likeness (QED) is 0.498. The third-order valence-electron chi connectivity index (χ3n) is 4.07. The Labute approximate surface area is 175 Å². The van der Waals surface area contributed by atoms with Crippen LogP contribution < -0.4 is 20.1 Å². The Bertz CT molecular complexity index is 931. The number of hydrogen-bond donors (Lipinski definition) is 2. The second-order valence-electron chi connectivity index (χ2n) is 6.28. The van der Waals surface area contributed by atoms with E-state index in [2.05, 4.69) is 10.6 Å². The van der Waals surface area contributed by atoms with E-state index in [9.17, 15) is 4.79 Å². The molecule has 0 aromatic heterocycles. The molecule has 0 fully saturated rings. The van der Waals surface area contributed by atoms with E-state index < -0.39 is 0 Å². The van der Waals surface area contributed by atoms with Gasteiger partial charge in [-0.25, -0.2) is 0 Å². The van der Waals surface area contributed by atoms with E-state index in [1.807, 2.05) is 79.7 Å². The van der Waals surface area contributed by atoms with Crippen molar-refractivity contribution >= 4 is 28.9 Å². The Kier molecular flexibility index (Phi) is 7.36. The number of benzene rings is 3. The molecule has 29 heavy (non-hydrogen) atoms. The summed E-state index contributed by atoms with van der Waals surface area (Å²) in [4.78, 5) is 12.1. The zero-order chi connectivity index (χ0) is 20.5. The first-order valence-electron chi connectivity index (χ1n) is 9.37. The molecule has 1 amide bonds. The van der Waals surface area contributed by atoms with E-state index in [0.717, 1.165) is 16.9 Å². The molecule has 0 heterocycles. The zero-order valence-corrected chi connectivity index (χ0v) is 16.9. The van der Waals surface area contributed by atoms with Crippen LogP contribution in [-0.4, -0.2) is 19.1 Å². The molecule has 6 heteroatoms. The summed E-state index contributed by atoms with van der Waals surface area (Å²) in [6.07, 6.45) is 0. The highest BCUT2D eigenvalue weighted by Crippen LogP contribution is 2.29. The van der Waals surface area contributed by atoms with Gasteiger partial charge in [-0.3, -0.25) is 4.79 Å². The zero-order valence-electron chi connectivity index (χ0n) is 16.2. The van der Waals surface area contributed by atoms with Crippen molar-refractivity contribution < 1.29 is 14.3 Å². The highest BCUT2D eigenvalue weighted by Gasteiger charge is 2.10. The van der Waals surface area contributed by atoms with Gasteiger partial charge in [-0.1, -0.05) is 35.9 Å². The number of para-hydroxylation sites is 1. The van der Waals surface area contributed by atoms with Gasteiger partial charge in [-0.15, -0.1) is 0 Å². The predicted octanol–water partition coefficient (Wildman–Crippen LogP) is 5.37. The van der Waals surface area contributed by atoms with Gasteiger partial charge >= 0.3 is 0 Å². The third-order valence-corrected chi connectivity index (χ3v) is 4.32. The third kappa shape index (κ3) is 6.43. The second-order valence-corrected chi connectivity index (χ2v) is 6.71. The minimum atomic E-state index is -0.230. The monoisotopic (exact) mass is 410 g/mol. The van der Waals surface area contributed by atoms with E-state index in [1.165, 1.54) is 0 Å². The second kappa shape index (κ2) is 10.4. The van der Waals surface area contributed by atoms with Crippen LogP contribution in [0.3, 0.4) is 0 Å². The van der Waals surface area contributed by atoms with Crippen LogP contribution in [0.5, 0.6) is 11.5 Å². The lowest BCUT2D eigenvalue weighted by Gasteiger charge is -2.14. The summed E-state index contributed by atoms with van der Waals surface area (Å²) in [6, 6.07) is 22.5. The molecular weight excluding hydrogens is 388 g/mol. The fourth-order valence-electron chi connectivity index (χ4n) is 2.68. The van der Waals surface area contributed by atoms with E-state index in [1.54, 1.807) is 0 Å². The Hall–Kier alpha value is -3.18. The lowest BCUT2D eigenvalue weighted by Crippen LogP contribution is -2.20. The average Bonchev–Trinajstić information content (AvgIpc) is 2.73. The van der Waals surface area contributed by atoms with Gasteiger partial charge in [-0.2, -0.15) is 0 Å². The van der Waals surface area contributed by atoms with Crippen LogP contribution in [0.15, 0.2) is 72.8 Å². The van der Waals surface area contributed by atoms with Gasteiger partial charge in [0, 0.05) is 22.9 Å². The summed E-state index contributed by atoms with van der Waals surface area (Å²) in [6.45, 7) is 2.93. The molecule has 0 bridgehead atoms. The number of hydrogen-bond acceptors (Lipinski definition) is 4. The van der Waals surface area contributed by atoms with Gasteiger partial charge in [-0.05, 0) is 61.0 Å². The van der Waals surface area contributed by atoms with Crippen LogP contribution in [0.4, 0.5) is 11.4 Å². The van der Waals surface area contributed by atoms with E-state index in [0.29, 0.717) is 29.7 Å². The molecule has 0 aliphatic rings. The molecular formula is C23H23ClN2O3. The van der Waals surface area contributed by atoms with Gasteiger partial charge in [0.1, 0.15) is 0 Å². The molecule has 0 spiro atoms. The van der Waals surface area contributed by atoms with Crippen molar-refractivity contribution in [3.05, 3.63) is 83.4 Å². The highest BCUT2D eigenvalue weighted by molar-refractivity contribution is 6.30. The van der Waals surface area contributed by atoms with Crippen molar-refractivity contribution in [2.75, 3.05) is 23.8 Å². The maximum atomic E-state index is 12.1. The summed E-state index contributed by atoms with van der Waals surface area (Å²) in [5.41, 5.74) is 2.74. The lowest BCUT2D eigenvalue weighted by molar-refractivity contribution is -0.118. The molecule has 150 valence electrons. The van der Waals surface area contributed by atoms with E-state index in [4.69, 9.17) is 21.1 Å². The summed E-state index contributed by atoms with van der Waals surface area (Å²) < 4.78 is 11.4. The van der Waals surface area contributed by atoms with Crippen molar-refractivity contribution in [1.29, 1.82) is 0 Å². The molecule has 0 saturated heterocycles. The van der Waals surface area contributed by atoms with Crippen LogP contribution in [0.25, 0.3) is 0 Å². The molecule has 0 unspecified atom stereocenters. The topological polar surface area (TPSA) is 59.6 Å². The average molecular weight is 411 g/mol. The van der Waals surface area contributed by atoms with E-state index in [-0.39, 0.29) is 12.5 Å². The predicted molar refractivity (Wildman–Crippen MR) is 117 cm³/mol.